The van der Waals surface area contributed by atoms with Crippen molar-refractivity contribution in [2.75, 3.05) is 32.4 Å². The fourth-order valence-electron chi connectivity index (χ4n) is 1.99. The molecule has 0 aromatic heterocycles. The minimum Gasteiger partial charge on any atom is -0.493 e. The van der Waals surface area contributed by atoms with E-state index in [1.54, 1.807) is 13.3 Å². The summed E-state index contributed by atoms with van der Waals surface area (Å²) in [5.41, 5.74) is 4.74. The maximum atomic E-state index is 5.79. The van der Waals surface area contributed by atoms with E-state index in [1.165, 1.54) is 0 Å². The molecule has 0 spiro atoms. The number of para-hydroxylation sites is 2. The van der Waals surface area contributed by atoms with Crippen LogP contribution < -0.4 is 14.9 Å². The van der Waals surface area contributed by atoms with Gasteiger partial charge in [-0.15, -0.1) is 0 Å². The van der Waals surface area contributed by atoms with Crippen LogP contribution in [0.25, 0.3) is 0 Å². The van der Waals surface area contributed by atoms with Gasteiger partial charge in [-0.2, -0.15) is 5.10 Å². The second kappa shape index (κ2) is 9.48. The molecular formula is C18H22N2O3. The van der Waals surface area contributed by atoms with Gasteiger partial charge in [0.25, 0.3) is 0 Å². The van der Waals surface area contributed by atoms with Crippen LogP contribution in [0.3, 0.4) is 0 Å². The molecule has 0 fully saturated rings. The standard InChI is InChI=1S/C18H22N2O3/c1-3-22-12-13-23-18-15(8-7-11-17(18)21-2)14-19-20-16-9-5-4-6-10-16/h4-11,14,20H,3,12-13H2,1-2H3. The zero-order valence-corrected chi connectivity index (χ0v) is 13.5. The average Bonchev–Trinajstić information content (AvgIpc) is 2.60. The average molecular weight is 314 g/mol. The molecular weight excluding hydrogens is 292 g/mol. The van der Waals surface area contributed by atoms with Crippen molar-refractivity contribution in [2.24, 2.45) is 5.10 Å². The van der Waals surface area contributed by atoms with Crippen molar-refractivity contribution < 1.29 is 14.2 Å². The Morgan fingerprint density at radius 3 is 2.61 bits per heavy atom. The molecule has 5 heteroatoms. The van der Waals surface area contributed by atoms with Crippen LogP contribution >= 0.6 is 0 Å². The maximum absolute atomic E-state index is 5.79. The van der Waals surface area contributed by atoms with E-state index in [-0.39, 0.29) is 0 Å². The molecule has 2 aromatic rings. The van der Waals surface area contributed by atoms with Crippen LogP contribution in [0.4, 0.5) is 5.69 Å². The highest BCUT2D eigenvalue weighted by molar-refractivity contribution is 5.85. The van der Waals surface area contributed by atoms with Gasteiger partial charge in [0.2, 0.25) is 0 Å². The SMILES string of the molecule is CCOCCOc1c(C=NNc2ccccc2)cccc1OC. The zero-order chi connectivity index (χ0) is 16.3. The van der Waals surface area contributed by atoms with Gasteiger partial charge in [0, 0.05) is 12.2 Å². The van der Waals surface area contributed by atoms with E-state index in [1.807, 2.05) is 55.5 Å². The minimum atomic E-state index is 0.459. The summed E-state index contributed by atoms with van der Waals surface area (Å²) in [4.78, 5) is 0. The minimum absolute atomic E-state index is 0.459. The van der Waals surface area contributed by atoms with Crippen molar-refractivity contribution in [3.05, 3.63) is 54.1 Å². The highest BCUT2D eigenvalue weighted by atomic mass is 16.5. The van der Waals surface area contributed by atoms with E-state index in [9.17, 15) is 0 Å². The molecule has 0 radical (unpaired) electrons. The number of nitrogens with one attached hydrogen (secondary N) is 1. The van der Waals surface area contributed by atoms with Crippen molar-refractivity contribution in [1.82, 2.24) is 0 Å². The van der Waals surface area contributed by atoms with Crippen molar-refractivity contribution in [3.8, 4) is 11.5 Å². The molecule has 2 rings (SSSR count). The molecule has 0 aliphatic carbocycles. The monoisotopic (exact) mass is 314 g/mol. The van der Waals surface area contributed by atoms with Crippen molar-refractivity contribution >= 4 is 11.9 Å². The van der Waals surface area contributed by atoms with Gasteiger partial charge in [-0.3, -0.25) is 5.43 Å². The second-order valence-corrected chi connectivity index (χ2v) is 4.66. The molecule has 2 aromatic carbocycles. The molecule has 23 heavy (non-hydrogen) atoms. The number of methoxy groups -OCH3 is 1. The molecule has 0 unspecified atom stereocenters. The maximum Gasteiger partial charge on any atom is 0.170 e. The van der Waals surface area contributed by atoms with Crippen molar-refractivity contribution in [3.63, 3.8) is 0 Å². The number of hydrogen-bond donors (Lipinski definition) is 1. The van der Waals surface area contributed by atoms with Crippen LogP contribution in [-0.4, -0.2) is 33.1 Å². The third kappa shape index (κ3) is 5.30. The number of ether oxygens (including phenoxy) is 3. The van der Waals surface area contributed by atoms with E-state index in [4.69, 9.17) is 14.2 Å². The summed E-state index contributed by atoms with van der Waals surface area (Å²) in [6.45, 7) is 3.62. The third-order valence-electron chi connectivity index (χ3n) is 3.08. The topological polar surface area (TPSA) is 52.1 Å². The molecule has 0 saturated heterocycles. The summed E-state index contributed by atoms with van der Waals surface area (Å²) in [5, 5.41) is 4.25. The predicted molar refractivity (Wildman–Crippen MR) is 92.6 cm³/mol. The molecule has 0 bridgehead atoms. The quantitative estimate of drug-likeness (QED) is 0.437. The van der Waals surface area contributed by atoms with Gasteiger partial charge in [0.05, 0.1) is 25.6 Å². The van der Waals surface area contributed by atoms with E-state index in [0.29, 0.717) is 31.3 Å². The first-order valence-corrected chi connectivity index (χ1v) is 7.56. The zero-order valence-electron chi connectivity index (χ0n) is 13.5. The second-order valence-electron chi connectivity index (χ2n) is 4.66. The molecule has 0 heterocycles. The number of benzene rings is 2. The molecule has 0 atom stereocenters. The molecule has 1 N–H and O–H groups in total. The number of nitrogens with zero attached hydrogens (tertiary/aromatic N) is 1. The van der Waals surface area contributed by atoms with Crippen LogP contribution in [0, 0.1) is 0 Å². The first-order valence-electron chi connectivity index (χ1n) is 7.56. The van der Waals surface area contributed by atoms with Gasteiger partial charge in [-0.05, 0) is 31.2 Å². The number of anilines is 1. The predicted octanol–water partition coefficient (Wildman–Crippen LogP) is 3.56. The van der Waals surface area contributed by atoms with E-state index in [0.717, 1.165) is 11.3 Å². The molecule has 5 nitrogen and oxygen atoms in total. The Hall–Kier alpha value is -2.53. The van der Waals surface area contributed by atoms with Gasteiger partial charge < -0.3 is 14.2 Å². The lowest BCUT2D eigenvalue weighted by Gasteiger charge is -2.13. The largest absolute Gasteiger partial charge is 0.493 e. The number of rotatable bonds is 9. The first-order chi connectivity index (χ1) is 11.3. The van der Waals surface area contributed by atoms with Crippen LogP contribution in [-0.2, 0) is 4.74 Å². The Kier molecular flexibility index (Phi) is 6.94. The van der Waals surface area contributed by atoms with Gasteiger partial charge >= 0.3 is 0 Å². The lowest BCUT2D eigenvalue weighted by atomic mass is 10.2. The molecule has 0 saturated carbocycles. The highest BCUT2D eigenvalue weighted by Gasteiger charge is 2.09. The third-order valence-corrected chi connectivity index (χ3v) is 3.08. The normalized spacial score (nSPS) is 10.7. The van der Waals surface area contributed by atoms with Gasteiger partial charge in [0.15, 0.2) is 11.5 Å². The summed E-state index contributed by atoms with van der Waals surface area (Å²) in [5.74, 6) is 1.33. The molecule has 0 aliphatic rings. The van der Waals surface area contributed by atoms with Crippen LogP contribution in [0.15, 0.2) is 53.6 Å². The van der Waals surface area contributed by atoms with Crippen LogP contribution in [0.5, 0.6) is 11.5 Å². The van der Waals surface area contributed by atoms with Crippen LogP contribution in [0.1, 0.15) is 12.5 Å². The van der Waals surface area contributed by atoms with E-state index >= 15 is 0 Å². The van der Waals surface area contributed by atoms with E-state index < -0.39 is 0 Å². The molecule has 122 valence electrons. The Morgan fingerprint density at radius 1 is 1.04 bits per heavy atom. The van der Waals surface area contributed by atoms with E-state index in [2.05, 4.69) is 10.5 Å². The Bertz CT molecular complexity index is 615. The number of hydrogen-bond acceptors (Lipinski definition) is 5. The smallest absolute Gasteiger partial charge is 0.170 e. The Balaban J connectivity index is 2.07. The van der Waals surface area contributed by atoms with Gasteiger partial charge in [0.1, 0.15) is 6.61 Å². The highest BCUT2D eigenvalue weighted by Crippen LogP contribution is 2.30. The summed E-state index contributed by atoms with van der Waals surface area (Å²) in [6.07, 6.45) is 1.71. The molecule has 0 amide bonds. The fraction of sp³-hybridized carbons (Fsp3) is 0.278. The Morgan fingerprint density at radius 2 is 1.87 bits per heavy atom. The lowest BCUT2D eigenvalue weighted by Crippen LogP contribution is -2.08. The van der Waals surface area contributed by atoms with Crippen molar-refractivity contribution in [2.45, 2.75) is 6.92 Å². The summed E-state index contributed by atoms with van der Waals surface area (Å²) in [6, 6.07) is 15.4. The lowest BCUT2D eigenvalue weighted by molar-refractivity contribution is 0.109. The summed E-state index contributed by atoms with van der Waals surface area (Å²) >= 11 is 0. The van der Waals surface area contributed by atoms with Gasteiger partial charge in [-0.1, -0.05) is 24.3 Å². The van der Waals surface area contributed by atoms with Crippen LogP contribution in [0.2, 0.25) is 0 Å². The fourth-order valence-corrected chi connectivity index (χ4v) is 1.99. The van der Waals surface area contributed by atoms with Gasteiger partial charge in [-0.25, -0.2) is 0 Å². The number of hydrazone groups is 1. The van der Waals surface area contributed by atoms with Crippen molar-refractivity contribution in [1.29, 1.82) is 0 Å². The first kappa shape index (κ1) is 16.8. The summed E-state index contributed by atoms with van der Waals surface area (Å²) in [7, 11) is 1.62. The Labute approximate surface area is 136 Å². The summed E-state index contributed by atoms with van der Waals surface area (Å²) < 4.78 is 16.5. The molecule has 0 aliphatic heterocycles.